The minimum absolute atomic E-state index is 0.293. The highest BCUT2D eigenvalue weighted by Gasteiger charge is 2.29. The van der Waals surface area contributed by atoms with E-state index in [1.54, 1.807) is 32.3 Å². The predicted molar refractivity (Wildman–Crippen MR) is 129 cm³/mol. The summed E-state index contributed by atoms with van der Waals surface area (Å²) in [5.74, 6) is 1.60. The van der Waals surface area contributed by atoms with E-state index in [1.807, 2.05) is 4.57 Å². The molecule has 2 aliphatic heterocycles. The molecule has 0 amide bonds. The molecule has 1 atom stereocenters. The van der Waals surface area contributed by atoms with Gasteiger partial charge in [0.05, 0.1) is 37.2 Å². The van der Waals surface area contributed by atoms with Crippen LogP contribution in [0.1, 0.15) is 0 Å². The van der Waals surface area contributed by atoms with Crippen molar-refractivity contribution in [2.24, 2.45) is 0 Å². The average Bonchev–Trinajstić information content (AvgIpc) is 3.59. The summed E-state index contributed by atoms with van der Waals surface area (Å²) in [4.78, 5) is 13.3. The van der Waals surface area contributed by atoms with Crippen molar-refractivity contribution in [3.8, 4) is 11.4 Å². The van der Waals surface area contributed by atoms with E-state index in [1.165, 1.54) is 10.9 Å². The zero-order valence-electron chi connectivity index (χ0n) is 19.2. The van der Waals surface area contributed by atoms with Crippen molar-refractivity contribution < 1.29 is 4.74 Å². The third kappa shape index (κ3) is 3.82. The number of methoxy groups -OCH3 is 1. The van der Waals surface area contributed by atoms with E-state index < -0.39 is 0 Å². The van der Waals surface area contributed by atoms with Gasteiger partial charge in [0, 0.05) is 50.9 Å². The van der Waals surface area contributed by atoms with E-state index in [0.29, 0.717) is 6.17 Å². The Kier molecular flexibility index (Phi) is 5.47. The van der Waals surface area contributed by atoms with Crippen LogP contribution in [-0.4, -0.2) is 93.4 Å². The van der Waals surface area contributed by atoms with E-state index in [9.17, 15) is 0 Å². The quantitative estimate of drug-likeness (QED) is 0.462. The Balaban J connectivity index is 1.16. The summed E-state index contributed by atoms with van der Waals surface area (Å²) in [5, 5.41) is 15.3. The molecule has 0 spiro atoms. The van der Waals surface area contributed by atoms with E-state index in [-0.39, 0.29) is 0 Å². The Hall–Kier alpha value is -3.70. The van der Waals surface area contributed by atoms with Crippen molar-refractivity contribution in [1.29, 1.82) is 0 Å². The van der Waals surface area contributed by atoms with E-state index in [0.717, 1.165) is 63.1 Å². The molecule has 176 valence electrons. The largest absolute Gasteiger partial charge is 0.491 e. The van der Waals surface area contributed by atoms with Gasteiger partial charge >= 0.3 is 0 Å². The van der Waals surface area contributed by atoms with Gasteiger partial charge in [-0.2, -0.15) is 0 Å². The average molecular weight is 461 g/mol. The van der Waals surface area contributed by atoms with Crippen molar-refractivity contribution in [2.75, 3.05) is 62.8 Å². The first-order chi connectivity index (χ1) is 16.8. The van der Waals surface area contributed by atoms with Gasteiger partial charge in [-0.1, -0.05) is 6.07 Å². The van der Waals surface area contributed by atoms with Crippen molar-refractivity contribution in [2.45, 2.75) is 6.17 Å². The number of hydrogen-bond acceptors (Lipinski definition) is 9. The van der Waals surface area contributed by atoms with Gasteiger partial charge in [0.15, 0.2) is 11.6 Å². The van der Waals surface area contributed by atoms with Crippen LogP contribution >= 0.6 is 0 Å². The molecule has 0 radical (unpaired) electrons. The minimum Gasteiger partial charge on any atom is -0.491 e. The number of rotatable bonds is 5. The molecular weight excluding hydrogens is 432 g/mol. The molecule has 11 nitrogen and oxygen atoms in total. The molecule has 0 saturated carbocycles. The summed E-state index contributed by atoms with van der Waals surface area (Å²) >= 11 is 0. The monoisotopic (exact) mass is 460 g/mol. The van der Waals surface area contributed by atoms with Crippen molar-refractivity contribution in [3.05, 3.63) is 55.6 Å². The van der Waals surface area contributed by atoms with Gasteiger partial charge in [-0.25, -0.2) is 9.97 Å². The molecule has 0 bridgehead atoms. The summed E-state index contributed by atoms with van der Waals surface area (Å²) in [5.41, 5.74) is 2.24. The second-order valence-electron chi connectivity index (χ2n) is 8.59. The third-order valence-electron chi connectivity index (χ3n) is 6.74. The second kappa shape index (κ2) is 8.92. The molecule has 11 heteroatoms. The fourth-order valence-corrected chi connectivity index (χ4v) is 4.94. The van der Waals surface area contributed by atoms with Gasteiger partial charge in [0.2, 0.25) is 0 Å². The normalized spacial score (nSPS) is 19.6. The van der Waals surface area contributed by atoms with E-state index >= 15 is 0 Å². The van der Waals surface area contributed by atoms with E-state index in [4.69, 9.17) is 4.74 Å². The number of piperazine rings is 2. The minimum atomic E-state index is 0.293. The first-order valence-electron chi connectivity index (χ1n) is 11.6. The fraction of sp³-hybridized carbons (Fsp3) is 0.391. The molecular formula is C23H28N10O. The molecule has 2 aliphatic rings. The SMILES string of the molecule is COc1cncnc1N1CCN(C2CN(n3ccc4ccc(-n5cnnc5)cc43)CCN2)CC1. The number of fused-ring (bicyclic) bond motifs is 1. The molecule has 4 aromatic rings. The lowest BCUT2D eigenvalue weighted by Gasteiger charge is -2.44. The maximum absolute atomic E-state index is 5.45. The van der Waals surface area contributed by atoms with Crippen LogP contribution in [0.15, 0.2) is 55.6 Å². The maximum Gasteiger partial charge on any atom is 0.179 e. The standard InChI is InChI=1S/C23H28N10O/c1-34-21-13-24-15-26-23(21)30-10-8-29(9-11-30)22-14-32(7-5-25-22)33-6-4-18-2-3-19(12-20(18)33)31-16-27-28-17-31/h2-4,6,12-13,15-17,22,25H,5,7-11,14H2,1H3. The molecule has 6 rings (SSSR count). The molecule has 1 N–H and O–H groups in total. The number of ether oxygens (including phenoxy) is 1. The molecule has 0 aliphatic carbocycles. The van der Waals surface area contributed by atoms with Crippen LogP contribution in [0.2, 0.25) is 0 Å². The first-order valence-corrected chi connectivity index (χ1v) is 11.6. The van der Waals surface area contributed by atoms with Crippen LogP contribution in [0.5, 0.6) is 5.75 Å². The van der Waals surface area contributed by atoms with E-state index in [2.05, 4.69) is 75.4 Å². The Morgan fingerprint density at radius 3 is 2.71 bits per heavy atom. The van der Waals surface area contributed by atoms with Gasteiger partial charge in [-0.05, 0) is 18.2 Å². The van der Waals surface area contributed by atoms with Gasteiger partial charge in [0.1, 0.15) is 19.0 Å². The highest BCUT2D eigenvalue weighted by atomic mass is 16.5. The molecule has 5 heterocycles. The van der Waals surface area contributed by atoms with Gasteiger partial charge in [-0.15, -0.1) is 10.2 Å². The Bertz CT molecular complexity index is 1250. The van der Waals surface area contributed by atoms with Gasteiger partial charge in [-0.3, -0.25) is 19.5 Å². The summed E-state index contributed by atoms with van der Waals surface area (Å²) in [6.45, 7) is 6.54. The Labute approximate surface area is 197 Å². The van der Waals surface area contributed by atoms with Gasteiger partial charge in [0.25, 0.3) is 0 Å². The van der Waals surface area contributed by atoms with Crippen molar-refractivity contribution in [3.63, 3.8) is 0 Å². The fourth-order valence-electron chi connectivity index (χ4n) is 4.94. The van der Waals surface area contributed by atoms with Crippen LogP contribution in [0.4, 0.5) is 5.82 Å². The topological polar surface area (TPSA) is 92.4 Å². The summed E-state index contributed by atoms with van der Waals surface area (Å²) in [7, 11) is 1.67. The number of aromatic nitrogens is 6. The van der Waals surface area contributed by atoms with Crippen LogP contribution < -0.4 is 20.0 Å². The summed E-state index contributed by atoms with van der Waals surface area (Å²) in [6.07, 6.45) is 9.23. The number of benzene rings is 1. The number of nitrogens with zero attached hydrogens (tertiary/aromatic N) is 9. The maximum atomic E-state index is 5.45. The molecule has 1 aromatic carbocycles. The highest BCUT2D eigenvalue weighted by molar-refractivity contribution is 5.82. The number of anilines is 1. The lowest BCUT2D eigenvalue weighted by Crippen LogP contribution is -2.64. The van der Waals surface area contributed by atoms with Gasteiger partial charge < -0.3 is 14.6 Å². The predicted octanol–water partition coefficient (Wildman–Crippen LogP) is 0.710. The van der Waals surface area contributed by atoms with Crippen molar-refractivity contribution in [1.82, 2.24) is 39.6 Å². The smallest absolute Gasteiger partial charge is 0.179 e. The third-order valence-corrected chi connectivity index (χ3v) is 6.74. The Morgan fingerprint density at radius 1 is 1.03 bits per heavy atom. The van der Waals surface area contributed by atoms with Crippen LogP contribution in [0, 0.1) is 0 Å². The molecule has 3 aromatic heterocycles. The number of hydrogen-bond donors (Lipinski definition) is 1. The molecule has 2 saturated heterocycles. The van der Waals surface area contributed by atoms with Crippen LogP contribution in [0.25, 0.3) is 16.6 Å². The second-order valence-corrected chi connectivity index (χ2v) is 8.59. The zero-order valence-corrected chi connectivity index (χ0v) is 19.2. The highest BCUT2D eigenvalue weighted by Crippen LogP contribution is 2.25. The van der Waals surface area contributed by atoms with Crippen molar-refractivity contribution >= 4 is 16.7 Å². The lowest BCUT2D eigenvalue weighted by atomic mass is 10.2. The summed E-state index contributed by atoms with van der Waals surface area (Å²) < 4.78 is 9.68. The van der Waals surface area contributed by atoms with Crippen LogP contribution in [0.3, 0.4) is 0 Å². The molecule has 2 fully saturated rings. The molecule has 34 heavy (non-hydrogen) atoms. The Morgan fingerprint density at radius 2 is 1.88 bits per heavy atom. The number of nitrogens with one attached hydrogen (secondary N) is 1. The lowest BCUT2D eigenvalue weighted by molar-refractivity contribution is 0.141. The summed E-state index contributed by atoms with van der Waals surface area (Å²) in [6, 6.07) is 8.63. The molecule has 1 unspecified atom stereocenters. The van der Waals surface area contributed by atoms with Crippen LogP contribution in [-0.2, 0) is 0 Å². The zero-order chi connectivity index (χ0) is 22.9. The first kappa shape index (κ1) is 20.9.